The molecule has 4 fully saturated rings. The van der Waals surface area contributed by atoms with Gasteiger partial charge in [0.15, 0.2) is 6.29 Å². The standard InChI is InChI=1S/C17H21N2O5PS.C9H16N2O2.C7H12O.C5H11N.C4H10O.C2H6.CH5N.CH2O/c1-12(2)24-17(22)9-19-25(23,18-5-6-20)11-13-3-4-16-14(7-13)8-15(10-21)26-16;1-10-6-8(7-10)9(12)11-2-4-13-5-3-11;1-6-5-7(6)3-2-4-8;1-6-4-2-3-5-6;1-4(2)5-3;3*1-2/h3-4,6-8,10,12H,5,9,11H2,1-2H3,(H2,18,19,23);8H,2-7H2,1H3;4,6-7H,2-3,5H2,1H3;2-5H2,1H3;4H,1-3H3;1-2H3;2H2,1H3;1H2. The molecule has 4 N–H and O–H groups in total. The quantitative estimate of drug-likeness (QED) is 0.107. The molecule has 3 aliphatic heterocycles. The van der Waals surface area contributed by atoms with Crippen LogP contribution in [0.15, 0.2) is 24.3 Å². The van der Waals surface area contributed by atoms with E-state index in [1.807, 2.05) is 64.6 Å². The summed E-state index contributed by atoms with van der Waals surface area (Å²) in [5.74, 6) is 1.86. The second-order valence-electron chi connectivity index (χ2n) is 15.8. The number of carbonyl (C=O) groups excluding carboxylic acids is 6. The number of carbonyl (C=O) groups is 6. The largest absolute Gasteiger partial charge is 0.462 e. The van der Waals surface area contributed by atoms with E-state index in [4.69, 9.17) is 19.0 Å². The highest BCUT2D eigenvalue weighted by Crippen LogP contribution is 2.41. The number of nitrogens with two attached hydrogens (primary N) is 1. The molecular weight excluding hydrogens is 860 g/mol. The van der Waals surface area contributed by atoms with Crippen molar-refractivity contribution in [2.24, 2.45) is 23.5 Å². The van der Waals surface area contributed by atoms with Gasteiger partial charge in [0.25, 0.3) is 0 Å². The first-order valence-electron chi connectivity index (χ1n) is 22.4. The predicted octanol–water partition coefficient (Wildman–Crippen LogP) is 5.93. The summed E-state index contributed by atoms with van der Waals surface area (Å²) in [6.45, 7) is 22.8. The smallest absolute Gasteiger partial charge is 0.320 e. The molecule has 6 rings (SSSR count). The topological polar surface area (TPSA) is 207 Å². The molecule has 2 aromatic rings. The van der Waals surface area contributed by atoms with Gasteiger partial charge in [0, 0.05) is 44.4 Å². The van der Waals surface area contributed by atoms with Crippen molar-refractivity contribution in [1.82, 2.24) is 24.9 Å². The van der Waals surface area contributed by atoms with Crippen molar-refractivity contribution in [3.05, 3.63) is 34.7 Å². The third kappa shape index (κ3) is 28.6. The molecule has 0 radical (unpaired) electrons. The van der Waals surface area contributed by atoms with E-state index in [1.165, 1.54) is 50.7 Å². The zero-order valence-electron chi connectivity index (χ0n) is 40.8. The second-order valence-corrected chi connectivity index (χ2v) is 19.4. The van der Waals surface area contributed by atoms with Crippen LogP contribution in [0.5, 0.6) is 0 Å². The Kier molecular flexibility index (Phi) is 37.2. The monoisotopic (exact) mass is 943 g/mol. The highest BCUT2D eigenvalue weighted by atomic mass is 32.1. The van der Waals surface area contributed by atoms with Crippen LogP contribution in [0.4, 0.5) is 0 Å². The van der Waals surface area contributed by atoms with Gasteiger partial charge in [0.2, 0.25) is 13.4 Å². The number of morpholine rings is 1. The number of likely N-dealkylation sites (tertiary alicyclic amines) is 2. The van der Waals surface area contributed by atoms with Gasteiger partial charge >= 0.3 is 5.97 Å². The number of rotatable bonds is 15. The number of ether oxygens (including phenoxy) is 3. The Morgan fingerprint density at radius 2 is 1.52 bits per heavy atom. The lowest BCUT2D eigenvalue weighted by Gasteiger charge is -2.39. The van der Waals surface area contributed by atoms with E-state index in [0.717, 1.165) is 79.1 Å². The molecule has 3 saturated heterocycles. The highest BCUT2D eigenvalue weighted by Gasteiger charge is 2.33. The van der Waals surface area contributed by atoms with E-state index >= 15 is 0 Å². The first-order valence-corrected chi connectivity index (χ1v) is 25.1. The van der Waals surface area contributed by atoms with Gasteiger partial charge in [-0.1, -0.05) is 26.8 Å². The summed E-state index contributed by atoms with van der Waals surface area (Å²) < 4.78 is 29.0. The van der Waals surface area contributed by atoms with E-state index in [9.17, 15) is 28.5 Å². The van der Waals surface area contributed by atoms with Crippen LogP contribution in [0.1, 0.15) is 95.8 Å². The van der Waals surface area contributed by atoms with Crippen LogP contribution in [0.25, 0.3) is 10.1 Å². The maximum absolute atomic E-state index is 13.1. The number of aldehydes is 3. The molecule has 4 heterocycles. The van der Waals surface area contributed by atoms with E-state index in [0.29, 0.717) is 36.4 Å². The summed E-state index contributed by atoms with van der Waals surface area (Å²) in [4.78, 5) is 70.0. The molecule has 368 valence electrons. The number of esters is 1. The zero-order chi connectivity index (χ0) is 49.1. The molecule has 1 aliphatic carbocycles. The SMILES string of the molecule is C=O.CC.CC(C)OC(=O)CNP(=O)(Cc1ccc2sc(C=O)cc2c1)NCC=O.CC1CC1CCC=O.CN.CN1CC(C(=O)N2CCOCC2)C1.CN1CCCC1.COC(C)C. The molecule has 3 atom stereocenters. The number of benzene rings is 1. The second kappa shape index (κ2) is 37.9. The normalized spacial score (nSPS) is 18.4. The molecule has 1 saturated carbocycles. The van der Waals surface area contributed by atoms with Crippen molar-refractivity contribution in [3.8, 4) is 0 Å². The zero-order valence-corrected chi connectivity index (χ0v) is 42.5. The van der Waals surface area contributed by atoms with Crippen molar-refractivity contribution in [3.63, 3.8) is 0 Å². The van der Waals surface area contributed by atoms with Gasteiger partial charge in [0.05, 0.1) is 48.9 Å². The van der Waals surface area contributed by atoms with Crippen LogP contribution in [0.3, 0.4) is 0 Å². The minimum Gasteiger partial charge on any atom is -0.462 e. The average molecular weight is 943 g/mol. The molecule has 1 aromatic heterocycles. The van der Waals surface area contributed by atoms with Crippen LogP contribution in [-0.4, -0.2) is 158 Å². The fraction of sp³-hybridized carbons (Fsp3) is 0.696. The van der Waals surface area contributed by atoms with E-state index in [1.54, 1.807) is 27.0 Å². The van der Waals surface area contributed by atoms with E-state index in [2.05, 4.69) is 39.7 Å². The number of fused-ring (bicyclic) bond motifs is 1. The van der Waals surface area contributed by atoms with Gasteiger partial charge in [0.1, 0.15) is 25.9 Å². The number of thiophene rings is 1. The maximum Gasteiger partial charge on any atom is 0.320 e. The third-order valence-electron chi connectivity index (χ3n) is 9.87. The van der Waals surface area contributed by atoms with E-state index < -0.39 is 13.4 Å². The molecule has 1 amide bonds. The molecule has 0 bridgehead atoms. The first-order chi connectivity index (χ1) is 30.6. The Balaban J connectivity index is 0. The summed E-state index contributed by atoms with van der Waals surface area (Å²) in [6.07, 6.45) is 8.74. The molecular formula is C46H83N6O10PS. The van der Waals surface area contributed by atoms with Crippen LogP contribution >= 0.6 is 18.8 Å². The molecule has 0 spiro atoms. The minimum absolute atomic E-state index is 0.0977. The Morgan fingerprint density at radius 3 is 1.95 bits per heavy atom. The van der Waals surface area contributed by atoms with Crippen LogP contribution in [-0.2, 0) is 48.9 Å². The number of methoxy groups -OCH3 is 1. The third-order valence-corrected chi connectivity index (χ3v) is 13.1. The molecule has 3 unspecified atom stereocenters. The Morgan fingerprint density at radius 1 is 0.938 bits per heavy atom. The van der Waals surface area contributed by atoms with Crippen molar-refractivity contribution in [2.75, 3.05) is 93.8 Å². The number of nitrogens with one attached hydrogen (secondary N) is 2. The summed E-state index contributed by atoms with van der Waals surface area (Å²) in [6, 6.07) is 7.30. The van der Waals surface area contributed by atoms with Crippen molar-refractivity contribution in [2.45, 2.75) is 98.9 Å². The fourth-order valence-electron chi connectivity index (χ4n) is 6.23. The Labute approximate surface area is 388 Å². The molecule has 4 aliphatic rings. The van der Waals surface area contributed by atoms with Crippen molar-refractivity contribution >= 4 is 66.4 Å². The van der Waals surface area contributed by atoms with Gasteiger partial charge in [-0.25, -0.2) is 10.2 Å². The number of amides is 1. The molecule has 16 nitrogen and oxygen atoms in total. The molecule has 1 aromatic carbocycles. The van der Waals surface area contributed by atoms with Gasteiger partial charge in [-0.15, -0.1) is 11.3 Å². The van der Waals surface area contributed by atoms with Gasteiger partial charge < -0.3 is 49.0 Å². The highest BCUT2D eigenvalue weighted by molar-refractivity contribution is 7.59. The molecule has 64 heavy (non-hydrogen) atoms. The summed E-state index contributed by atoms with van der Waals surface area (Å²) in [5, 5.41) is 6.27. The van der Waals surface area contributed by atoms with Crippen LogP contribution in [0, 0.1) is 17.8 Å². The summed E-state index contributed by atoms with van der Waals surface area (Å²) in [5.41, 5.74) is 5.26. The summed E-state index contributed by atoms with van der Waals surface area (Å²) >= 11 is 1.38. The Hall–Kier alpha value is -3.25. The van der Waals surface area contributed by atoms with E-state index in [-0.39, 0.29) is 31.3 Å². The maximum atomic E-state index is 13.1. The fourth-order valence-corrected chi connectivity index (χ4v) is 8.89. The number of hydrogen-bond acceptors (Lipinski definition) is 14. The van der Waals surface area contributed by atoms with Gasteiger partial charge in [-0.2, -0.15) is 0 Å². The van der Waals surface area contributed by atoms with Crippen molar-refractivity contribution < 1.29 is 47.5 Å². The minimum atomic E-state index is -3.23. The summed E-state index contributed by atoms with van der Waals surface area (Å²) in [7, 11) is 4.19. The van der Waals surface area contributed by atoms with Gasteiger partial charge in [-0.3, -0.25) is 18.9 Å². The number of nitrogens with zero attached hydrogens (tertiary/aromatic N) is 3. The van der Waals surface area contributed by atoms with Crippen LogP contribution < -0.4 is 15.9 Å². The Bertz CT molecular complexity index is 1600. The lowest BCUT2D eigenvalue weighted by atomic mass is 9.99. The predicted molar refractivity (Wildman–Crippen MR) is 260 cm³/mol. The number of hydrogen-bond donors (Lipinski definition) is 3. The first kappa shape index (κ1) is 62.8. The lowest BCUT2D eigenvalue weighted by molar-refractivity contribution is -0.146. The van der Waals surface area contributed by atoms with Crippen molar-refractivity contribution in [1.29, 1.82) is 0 Å². The lowest BCUT2D eigenvalue weighted by Crippen LogP contribution is -2.54. The van der Waals surface area contributed by atoms with Gasteiger partial charge in [-0.05, 0) is 129 Å². The average Bonchev–Trinajstić information content (AvgIpc) is 3.58. The molecule has 18 heteroatoms. The van der Waals surface area contributed by atoms with Crippen LogP contribution in [0.2, 0.25) is 0 Å².